The third-order valence-corrected chi connectivity index (χ3v) is 3.80. The van der Waals surface area contributed by atoms with Gasteiger partial charge in [-0.3, -0.25) is 0 Å². The maximum absolute atomic E-state index is 5.28. The molecular weight excluding hydrogens is 286 g/mol. The van der Waals surface area contributed by atoms with Crippen molar-refractivity contribution in [1.29, 1.82) is 0 Å². The molecule has 0 aromatic carbocycles. The molecule has 0 spiro atoms. The van der Waals surface area contributed by atoms with Gasteiger partial charge in [0.2, 0.25) is 11.8 Å². The molecule has 1 saturated heterocycles. The molecule has 1 atom stereocenters. The van der Waals surface area contributed by atoms with Gasteiger partial charge >= 0.3 is 0 Å². The molecular formula is C14H23N5OS. The number of hydrogen-bond donors (Lipinski definition) is 2. The van der Waals surface area contributed by atoms with Gasteiger partial charge in [-0.2, -0.15) is 9.97 Å². The molecule has 2 N–H and O–H groups in total. The molecule has 0 saturated carbocycles. The van der Waals surface area contributed by atoms with Crippen LogP contribution in [-0.4, -0.2) is 41.3 Å². The minimum absolute atomic E-state index is 0.466. The van der Waals surface area contributed by atoms with E-state index in [4.69, 9.17) is 17.0 Å². The van der Waals surface area contributed by atoms with Gasteiger partial charge in [-0.05, 0) is 45.3 Å². The molecule has 1 aromatic heterocycles. The highest BCUT2D eigenvalue weighted by Gasteiger charge is 2.21. The van der Waals surface area contributed by atoms with Crippen molar-refractivity contribution < 1.29 is 4.74 Å². The van der Waals surface area contributed by atoms with E-state index >= 15 is 0 Å². The van der Waals surface area contributed by atoms with Crippen molar-refractivity contribution in [2.24, 2.45) is 0 Å². The van der Waals surface area contributed by atoms with Crippen molar-refractivity contribution in [3.05, 3.63) is 6.07 Å². The van der Waals surface area contributed by atoms with Gasteiger partial charge in [0.25, 0.3) is 0 Å². The Morgan fingerprint density at radius 2 is 2.29 bits per heavy atom. The Morgan fingerprint density at radius 3 is 2.95 bits per heavy atom. The third kappa shape index (κ3) is 4.17. The Balaban J connectivity index is 2.22. The lowest BCUT2D eigenvalue weighted by molar-refractivity contribution is 0.396. The highest BCUT2D eigenvalue weighted by Crippen LogP contribution is 2.26. The molecule has 1 fully saturated rings. The monoisotopic (exact) mass is 309 g/mol. The summed E-state index contributed by atoms with van der Waals surface area (Å²) in [6, 6.07) is 2.36. The zero-order valence-electron chi connectivity index (χ0n) is 12.8. The van der Waals surface area contributed by atoms with Crippen LogP contribution in [0, 0.1) is 0 Å². The average molecular weight is 309 g/mol. The Kier molecular flexibility index (Phi) is 5.55. The molecule has 1 aliphatic rings. The van der Waals surface area contributed by atoms with Crippen LogP contribution in [0.25, 0.3) is 0 Å². The van der Waals surface area contributed by atoms with E-state index in [-0.39, 0.29) is 0 Å². The van der Waals surface area contributed by atoms with E-state index in [1.165, 1.54) is 19.3 Å². The molecule has 0 radical (unpaired) electrons. The molecule has 7 heteroatoms. The van der Waals surface area contributed by atoms with Crippen LogP contribution in [0.1, 0.15) is 33.1 Å². The van der Waals surface area contributed by atoms with Crippen LogP contribution in [0.2, 0.25) is 0 Å². The maximum atomic E-state index is 5.28. The lowest BCUT2D eigenvalue weighted by atomic mass is 10.0. The number of thiocarbonyl (C=S) groups is 1. The highest BCUT2D eigenvalue weighted by molar-refractivity contribution is 7.80. The second kappa shape index (κ2) is 7.40. The van der Waals surface area contributed by atoms with Gasteiger partial charge in [-0.25, -0.2) is 0 Å². The fourth-order valence-corrected chi connectivity index (χ4v) is 2.70. The first kappa shape index (κ1) is 15.8. The predicted molar refractivity (Wildman–Crippen MR) is 89.1 cm³/mol. The van der Waals surface area contributed by atoms with E-state index in [0.29, 0.717) is 23.0 Å². The van der Waals surface area contributed by atoms with Gasteiger partial charge < -0.3 is 20.3 Å². The summed E-state index contributed by atoms with van der Waals surface area (Å²) in [7, 11) is 1.61. The molecule has 0 amide bonds. The lowest BCUT2D eigenvalue weighted by Crippen LogP contribution is -2.38. The van der Waals surface area contributed by atoms with Gasteiger partial charge in [0.05, 0.1) is 7.11 Å². The van der Waals surface area contributed by atoms with Crippen LogP contribution in [0.3, 0.4) is 0 Å². The summed E-state index contributed by atoms with van der Waals surface area (Å²) in [6.45, 7) is 5.98. The van der Waals surface area contributed by atoms with Crippen molar-refractivity contribution in [2.45, 2.75) is 39.2 Å². The molecule has 21 heavy (non-hydrogen) atoms. The Bertz CT molecular complexity index is 496. The lowest BCUT2D eigenvalue weighted by Gasteiger charge is -2.34. The van der Waals surface area contributed by atoms with Gasteiger partial charge in [0.1, 0.15) is 5.82 Å². The normalized spacial score (nSPS) is 18.2. The standard InChI is InChI=1S/C14H23N5OS/c1-4-15-14(21)18-13-16-11(9-12(17-13)20-3)19-8-6-5-7-10(19)2/h9-10H,4-8H2,1-3H3,(H2,15,16,17,18,21). The van der Waals surface area contributed by atoms with Crippen LogP contribution in [0.4, 0.5) is 11.8 Å². The van der Waals surface area contributed by atoms with Crippen molar-refractivity contribution in [2.75, 3.05) is 30.4 Å². The van der Waals surface area contributed by atoms with Gasteiger partial charge in [0, 0.05) is 25.2 Å². The zero-order valence-corrected chi connectivity index (χ0v) is 13.7. The Labute approximate surface area is 131 Å². The second-order valence-electron chi connectivity index (χ2n) is 5.11. The van der Waals surface area contributed by atoms with Gasteiger partial charge in [0.15, 0.2) is 5.11 Å². The number of methoxy groups -OCH3 is 1. The molecule has 2 rings (SSSR count). The number of nitrogens with zero attached hydrogens (tertiary/aromatic N) is 3. The van der Waals surface area contributed by atoms with Crippen LogP contribution >= 0.6 is 12.2 Å². The fourth-order valence-electron chi connectivity index (χ4n) is 2.47. The van der Waals surface area contributed by atoms with E-state index < -0.39 is 0 Å². The van der Waals surface area contributed by atoms with Crippen LogP contribution in [0.5, 0.6) is 5.88 Å². The molecule has 1 unspecified atom stereocenters. The summed E-state index contributed by atoms with van der Waals surface area (Å²) in [5.74, 6) is 1.89. The maximum Gasteiger partial charge on any atom is 0.234 e. The largest absolute Gasteiger partial charge is 0.481 e. The zero-order chi connectivity index (χ0) is 15.2. The summed E-state index contributed by atoms with van der Waals surface area (Å²) < 4.78 is 5.28. The predicted octanol–water partition coefficient (Wildman–Crippen LogP) is 2.17. The first-order valence-electron chi connectivity index (χ1n) is 7.38. The summed E-state index contributed by atoms with van der Waals surface area (Å²) in [4.78, 5) is 11.2. The molecule has 6 nitrogen and oxygen atoms in total. The van der Waals surface area contributed by atoms with Crippen LogP contribution < -0.4 is 20.3 Å². The van der Waals surface area contributed by atoms with E-state index in [1.54, 1.807) is 7.11 Å². The summed E-state index contributed by atoms with van der Waals surface area (Å²) in [6.07, 6.45) is 3.65. The Hall–Kier alpha value is -1.63. The number of aromatic nitrogens is 2. The van der Waals surface area contributed by atoms with Crippen LogP contribution in [0.15, 0.2) is 6.07 Å². The average Bonchev–Trinajstić information content (AvgIpc) is 2.47. The number of ether oxygens (including phenoxy) is 1. The molecule has 0 bridgehead atoms. The quantitative estimate of drug-likeness (QED) is 0.826. The topological polar surface area (TPSA) is 62.3 Å². The minimum Gasteiger partial charge on any atom is -0.481 e. The molecule has 1 aromatic rings. The number of rotatable bonds is 4. The molecule has 0 aliphatic carbocycles. The van der Waals surface area contributed by atoms with Crippen LogP contribution in [-0.2, 0) is 0 Å². The van der Waals surface area contributed by atoms with E-state index in [1.807, 2.05) is 13.0 Å². The van der Waals surface area contributed by atoms with E-state index in [9.17, 15) is 0 Å². The first-order valence-corrected chi connectivity index (χ1v) is 7.79. The SMILES string of the molecule is CCNC(=S)Nc1nc(OC)cc(N2CCCCC2C)n1. The van der Waals surface area contributed by atoms with Crippen molar-refractivity contribution in [3.63, 3.8) is 0 Å². The molecule has 2 heterocycles. The number of piperidine rings is 1. The van der Waals surface area contributed by atoms with Crippen molar-refractivity contribution in [1.82, 2.24) is 15.3 Å². The van der Waals surface area contributed by atoms with E-state index in [0.717, 1.165) is 18.9 Å². The highest BCUT2D eigenvalue weighted by atomic mass is 32.1. The smallest absolute Gasteiger partial charge is 0.234 e. The van der Waals surface area contributed by atoms with Gasteiger partial charge in [-0.15, -0.1) is 0 Å². The molecule has 116 valence electrons. The summed E-state index contributed by atoms with van der Waals surface area (Å²) >= 11 is 5.18. The fraction of sp³-hybridized carbons (Fsp3) is 0.643. The summed E-state index contributed by atoms with van der Waals surface area (Å²) in [5.41, 5.74) is 0. The number of hydrogen-bond acceptors (Lipinski definition) is 5. The van der Waals surface area contributed by atoms with Crippen molar-refractivity contribution >= 4 is 29.1 Å². The van der Waals surface area contributed by atoms with Crippen molar-refractivity contribution in [3.8, 4) is 5.88 Å². The van der Waals surface area contributed by atoms with Gasteiger partial charge in [-0.1, -0.05) is 0 Å². The summed E-state index contributed by atoms with van der Waals surface area (Å²) in [5, 5.41) is 6.55. The number of nitrogens with one attached hydrogen (secondary N) is 2. The number of anilines is 2. The minimum atomic E-state index is 0.466. The third-order valence-electron chi connectivity index (χ3n) is 3.56. The second-order valence-corrected chi connectivity index (χ2v) is 5.52. The molecule has 1 aliphatic heterocycles. The van der Waals surface area contributed by atoms with E-state index in [2.05, 4.69) is 32.4 Å². The first-order chi connectivity index (χ1) is 10.1. The Morgan fingerprint density at radius 1 is 1.48 bits per heavy atom.